The van der Waals surface area contributed by atoms with Crippen LogP contribution < -0.4 is 10.1 Å². The van der Waals surface area contributed by atoms with E-state index in [2.05, 4.69) is 5.32 Å². The van der Waals surface area contributed by atoms with Crippen molar-refractivity contribution < 1.29 is 14.9 Å². The Morgan fingerprint density at radius 1 is 1.30 bits per heavy atom. The van der Waals surface area contributed by atoms with E-state index in [0.29, 0.717) is 28.8 Å². The zero-order valence-electron chi connectivity index (χ0n) is 11.5. The predicted molar refractivity (Wildman–Crippen MR) is 81.7 cm³/mol. The number of rotatable bonds is 9. The van der Waals surface area contributed by atoms with Crippen LogP contribution in [0, 0.1) is 0 Å². The molecule has 1 aromatic carbocycles. The molecule has 2 atom stereocenters. The van der Waals surface area contributed by atoms with Crippen LogP contribution >= 0.6 is 23.2 Å². The topological polar surface area (TPSA) is 61.7 Å². The summed E-state index contributed by atoms with van der Waals surface area (Å²) in [6, 6.07) is 5.18. The third-order valence-electron chi connectivity index (χ3n) is 2.95. The van der Waals surface area contributed by atoms with E-state index in [1.165, 1.54) is 0 Å². The second-order valence-electron chi connectivity index (χ2n) is 4.57. The van der Waals surface area contributed by atoms with Gasteiger partial charge in [-0.3, -0.25) is 0 Å². The number of benzene rings is 1. The van der Waals surface area contributed by atoms with Gasteiger partial charge in [-0.05, 0) is 25.0 Å². The fourth-order valence-corrected chi connectivity index (χ4v) is 2.02. The number of halogens is 2. The van der Waals surface area contributed by atoms with Gasteiger partial charge in [0.1, 0.15) is 18.5 Å². The molecule has 6 heteroatoms. The maximum absolute atomic E-state index is 9.84. The Bertz CT molecular complexity index is 404. The highest BCUT2D eigenvalue weighted by molar-refractivity contribution is 6.42. The van der Waals surface area contributed by atoms with Crippen molar-refractivity contribution in [1.29, 1.82) is 0 Å². The molecule has 0 radical (unpaired) electrons. The van der Waals surface area contributed by atoms with Crippen LogP contribution in [0.5, 0.6) is 5.75 Å². The molecule has 0 aliphatic rings. The fraction of sp³-hybridized carbons (Fsp3) is 0.571. The molecule has 0 bridgehead atoms. The van der Waals surface area contributed by atoms with Gasteiger partial charge >= 0.3 is 0 Å². The first kappa shape index (κ1) is 17.5. The Morgan fingerprint density at radius 2 is 2.05 bits per heavy atom. The zero-order valence-corrected chi connectivity index (χ0v) is 13.0. The normalized spacial score (nSPS) is 14.1. The summed E-state index contributed by atoms with van der Waals surface area (Å²) in [6.07, 6.45) is 0.954. The quantitative estimate of drug-likeness (QED) is 0.654. The third-order valence-corrected chi connectivity index (χ3v) is 3.68. The van der Waals surface area contributed by atoms with Crippen molar-refractivity contribution >= 4 is 23.2 Å². The first-order valence-electron chi connectivity index (χ1n) is 6.67. The van der Waals surface area contributed by atoms with Crippen LogP contribution in [-0.4, -0.2) is 42.1 Å². The highest BCUT2D eigenvalue weighted by Gasteiger charge is 2.10. The van der Waals surface area contributed by atoms with Crippen LogP contribution in [0.3, 0.4) is 0 Å². The third kappa shape index (κ3) is 6.29. The van der Waals surface area contributed by atoms with Gasteiger partial charge in [0.2, 0.25) is 0 Å². The molecule has 0 amide bonds. The number of ether oxygens (including phenoxy) is 1. The first-order valence-corrected chi connectivity index (χ1v) is 7.42. The number of hydrogen-bond acceptors (Lipinski definition) is 4. The lowest BCUT2D eigenvalue weighted by Gasteiger charge is -2.19. The van der Waals surface area contributed by atoms with E-state index >= 15 is 0 Å². The highest BCUT2D eigenvalue weighted by atomic mass is 35.5. The van der Waals surface area contributed by atoms with Gasteiger partial charge in [0.05, 0.1) is 10.0 Å². The summed E-state index contributed by atoms with van der Waals surface area (Å²) in [6.45, 7) is 2.76. The second kappa shape index (κ2) is 9.42. The smallest absolute Gasteiger partial charge is 0.121 e. The molecule has 0 heterocycles. The van der Waals surface area contributed by atoms with Crippen LogP contribution in [0.2, 0.25) is 10.0 Å². The summed E-state index contributed by atoms with van der Waals surface area (Å²) >= 11 is 11.7. The lowest BCUT2D eigenvalue weighted by molar-refractivity contribution is 0.102. The monoisotopic (exact) mass is 321 g/mol. The van der Waals surface area contributed by atoms with Gasteiger partial charge in [-0.1, -0.05) is 30.1 Å². The van der Waals surface area contributed by atoms with Gasteiger partial charge in [0.25, 0.3) is 0 Å². The van der Waals surface area contributed by atoms with Crippen molar-refractivity contribution in [2.45, 2.75) is 31.9 Å². The van der Waals surface area contributed by atoms with E-state index in [1.807, 2.05) is 6.92 Å². The Labute approximate surface area is 129 Å². The molecule has 0 saturated carbocycles. The predicted octanol–water partition coefficient (Wildman–Crippen LogP) is 2.48. The lowest BCUT2D eigenvalue weighted by atomic mass is 10.1. The molecular weight excluding hydrogens is 301 g/mol. The van der Waals surface area contributed by atoms with Crippen LogP contribution in [0.1, 0.15) is 19.8 Å². The van der Waals surface area contributed by atoms with Gasteiger partial charge in [-0.15, -0.1) is 0 Å². The molecule has 1 rings (SSSR count). The molecule has 1 aromatic rings. The van der Waals surface area contributed by atoms with Crippen molar-refractivity contribution in [3.05, 3.63) is 28.2 Å². The molecular formula is C14H21Cl2NO3. The number of hydrogen-bond donors (Lipinski definition) is 3. The average Bonchev–Trinajstić information content (AvgIpc) is 2.44. The standard InChI is InChI=1S/C14H21Cl2NO3/c1-2-10(5-6-18)17-8-11(19)9-20-12-3-4-13(15)14(16)7-12/h3-4,7,10-11,17-19H,2,5-6,8-9H2,1H3. The summed E-state index contributed by atoms with van der Waals surface area (Å²) in [5.74, 6) is 0.570. The van der Waals surface area contributed by atoms with Crippen molar-refractivity contribution in [3.63, 3.8) is 0 Å². The van der Waals surface area contributed by atoms with E-state index in [-0.39, 0.29) is 19.3 Å². The molecule has 2 unspecified atom stereocenters. The van der Waals surface area contributed by atoms with Crippen molar-refractivity contribution in [2.24, 2.45) is 0 Å². The maximum atomic E-state index is 9.84. The maximum Gasteiger partial charge on any atom is 0.121 e. The van der Waals surface area contributed by atoms with Crippen molar-refractivity contribution in [3.8, 4) is 5.75 Å². The zero-order chi connectivity index (χ0) is 15.0. The van der Waals surface area contributed by atoms with Gasteiger partial charge in [-0.2, -0.15) is 0 Å². The summed E-state index contributed by atoms with van der Waals surface area (Å²) < 4.78 is 5.45. The fourth-order valence-electron chi connectivity index (χ4n) is 1.73. The molecule has 3 N–H and O–H groups in total. The summed E-state index contributed by atoms with van der Waals surface area (Å²) in [7, 11) is 0. The molecule has 0 aliphatic heterocycles. The Hall–Kier alpha value is -0.520. The van der Waals surface area contributed by atoms with Gasteiger partial charge in [0.15, 0.2) is 0 Å². The first-order chi connectivity index (χ1) is 9.56. The number of nitrogens with one attached hydrogen (secondary N) is 1. The molecule has 0 aliphatic carbocycles. The van der Waals surface area contributed by atoms with Gasteiger partial charge < -0.3 is 20.3 Å². The van der Waals surface area contributed by atoms with E-state index in [1.54, 1.807) is 18.2 Å². The summed E-state index contributed by atoms with van der Waals surface area (Å²) in [5.41, 5.74) is 0. The molecule has 114 valence electrons. The van der Waals surface area contributed by atoms with Crippen LogP contribution in [0.4, 0.5) is 0 Å². The molecule has 20 heavy (non-hydrogen) atoms. The SMILES string of the molecule is CCC(CCO)NCC(O)COc1ccc(Cl)c(Cl)c1. The molecule has 0 aromatic heterocycles. The number of aliphatic hydroxyl groups is 2. The van der Waals surface area contributed by atoms with Gasteiger partial charge in [0, 0.05) is 25.3 Å². The Morgan fingerprint density at radius 3 is 2.65 bits per heavy atom. The van der Waals surface area contributed by atoms with Crippen molar-refractivity contribution in [2.75, 3.05) is 19.8 Å². The van der Waals surface area contributed by atoms with E-state index < -0.39 is 6.10 Å². The van der Waals surface area contributed by atoms with Crippen LogP contribution in [-0.2, 0) is 0 Å². The van der Waals surface area contributed by atoms with E-state index in [9.17, 15) is 5.11 Å². The summed E-state index contributed by atoms with van der Waals surface area (Å²) in [5, 5.41) is 22.8. The van der Waals surface area contributed by atoms with Crippen LogP contribution in [0.15, 0.2) is 18.2 Å². The molecule has 0 spiro atoms. The largest absolute Gasteiger partial charge is 0.491 e. The molecule has 4 nitrogen and oxygen atoms in total. The minimum absolute atomic E-state index is 0.140. The lowest BCUT2D eigenvalue weighted by Crippen LogP contribution is -2.38. The second-order valence-corrected chi connectivity index (χ2v) is 5.38. The van der Waals surface area contributed by atoms with Crippen molar-refractivity contribution in [1.82, 2.24) is 5.32 Å². The molecule has 0 saturated heterocycles. The average molecular weight is 322 g/mol. The van der Waals surface area contributed by atoms with Gasteiger partial charge in [-0.25, -0.2) is 0 Å². The highest BCUT2D eigenvalue weighted by Crippen LogP contribution is 2.26. The number of aliphatic hydroxyl groups excluding tert-OH is 2. The van der Waals surface area contributed by atoms with Crippen LogP contribution in [0.25, 0.3) is 0 Å². The Kier molecular flexibility index (Phi) is 8.26. The Balaban J connectivity index is 2.31. The molecule has 0 fully saturated rings. The van der Waals surface area contributed by atoms with E-state index in [0.717, 1.165) is 6.42 Å². The minimum Gasteiger partial charge on any atom is -0.491 e. The van der Waals surface area contributed by atoms with E-state index in [4.69, 9.17) is 33.0 Å². The minimum atomic E-state index is -0.628. The summed E-state index contributed by atoms with van der Waals surface area (Å²) in [4.78, 5) is 0.